The Morgan fingerprint density at radius 3 is 2.63 bits per heavy atom. The fourth-order valence-electron chi connectivity index (χ4n) is 6.62. The standard InChI is InChI=1S/C40H45ClN3O3PS/c1-7-9-14-32(26(3)41)27(4)48-37-23-38(49-39(37)36(47-6)12-8-2)44-25-42-34-21-18-29(22-35(34)44)28-16-19-31(20-17-28)43(5)40(46)33-15-11-10-13-30(33)24-45/h7,9-15,18,21-25,27-28,31,48H,3,8,16-17,19-20H2,1-2,4-6H3/b9-7-,32-14+,36-12+. The van der Waals surface area contributed by atoms with E-state index in [-0.39, 0.29) is 17.6 Å². The molecule has 1 aliphatic rings. The SMILES string of the molecule is C=C(Cl)/C(=C\C=C/C)C(C)Pc1cc(-n2cnc3ccc(C4CCC(N(C)C(=O)c5ccccc5C=O)CC4)cc32)sc1/C(=C\CC)OC. The lowest BCUT2D eigenvalue weighted by molar-refractivity contribution is 0.0687. The minimum Gasteiger partial charge on any atom is -0.496 e. The average molecular weight is 714 g/mol. The summed E-state index contributed by atoms with van der Waals surface area (Å²) in [6.07, 6.45) is 15.5. The van der Waals surface area contributed by atoms with Gasteiger partial charge in [-0.2, -0.15) is 0 Å². The van der Waals surface area contributed by atoms with Crippen LogP contribution in [0, 0.1) is 0 Å². The third kappa shape index (κ3) is 8.17. The molecule has 2 unspecified atom stereocenters. The quantitative estimate of drug-likeness (QED) is 0.0599. The van der Waals surface area contributed by atoms with Crippen molar-refractivity contribution in [1.29, 1.82) is 0 Å². The van der Waals surface area contributed by atoms with Gasteiger partial charge in [-0.1, -0.05) is 83.1 Å². The summed E-state index contributed by atoms with van der Waals surface area (Å²) in [7, 11) is 4.06. The molecule has 2 aromatic heterocycles. The minimum absolute atomic E-state index is 0.0933. The van der Waals surface area contributed by atoms with Crippen LogP contribution in [0.5, 0.6) is 0 Å². The van der Waals surface area contributed by atoms with Crippen molar-refractivity contribution in [2.45, 2.75) is 70.5 Å². The van der Waals surface area contributed by atoms with Crippen molar-refractivity contribution < 1.29 is 14.3 Å². The van der Waals surface area contributed by atoms with Gasteiger partial charge in [0.05, 0.1) is 28.6 Å². The zero-order chi connectivity index (χ0) is 35.1. The van der Waals surface area contributed by atoms with Gasteiger partial charge in [0.2, 0.25) is 0 Å². The van der Waals surface area contributed by atoms with E-state index in [4.69, 9.17) is 21.3 Å². The third-order valence-corrected chi connectivity index (χ3v) is 12.3. The number of imidazole rings is 1. The Labute approximate surface area is 301 Å². The highest BCUT2D eigenvalue weighted by atomic mass is 35.5. The Bertz CT molecular complexity index is 1910. The molecule has 0 N–H and O–H groups in total. The molecular formula is C40H45ClN3O3PS. The van der Waals surface area contributed by atoms with Crippen LogP contribution in [0.3, 0.4) is 0 Å². The second-order valence-corrected chi connectivity index (χ2v) is 15.6. The van der Waals surface area contributed by atoms with Crippen LogP contribution in [0.2, 0.25) is 0 Å². The van der Waals surface area contributed by atoms with Crippen LogP contribution in [-0.4, -0.2) is 52.5 Å². The lowest BCUT2D eigenvalue weighted by Gasteiger charge is -2.35. The third-order valence-electron chi connectivity index (χ3n) is 9.34. The van der Waals surface area contributed by atoms with E-state index < -0.39 is 0 Å². The molecule has 49 heavy (non-hydrogen) atoms. The molecule has 4 aromatic rings. The zero-order valence-electron chi connectivity index (χ0n) is 28.9. The number of carbonyl (C=O) groups excluding carboxylic acids is 2. The molecule has 2 atom stereocenters. The first-order valence-corrected chi connectivity index (χ1v) is 19.1. The Morgan fingerprint density at radius 1 is 1.20 bits per heavy atom. The maximum Gasteiger partial charge on any atom is 0.254 e. The van der Waals surface area contributed by atoms with Gasteiger partial charge in [0.25, 0.3) is 5.91 Å². The normalized spacial score (nSPS) is 18.0. The summed E-state index contributed by atoms with van der Waals surface area (Å²) in [5, 5.41) is 2.88. The van der Waals surface area contributed by atoms with Gasteiger partial charge in [0.15, 0.2) is 6.29 Å². The molecule has 2 aromatic carbocycles. The second kappa shape index (κ2) is 16.8. The van der Waals surface area contributed by atoms with Crippen molar-refractivity contribution in [3.05, 3.63) is 118 Å². The number of ether oxygens (including phenoxy) is 1. The second-order valence-electron chi connectivity index (χ2n) is 12.4. The van der Waals surface area contributed by atoms with E-state index in [2.05, 4.69) is 61.4 Å². The number of rotatable bonds is 13. The molecule has 2 heterocycles. The van der Waals surface area contributed by atoms with E-state index in [1.807, 2.05) is 37.4 Å². The molecule has 1 fully saturated rings. The Hall–Kier alpha value is -3.77. The maximum absolute atomic E-state index is 13.3. The molecule has 6 nitrogen and oxygen atoms in total. The first-order chi connectivity index (χ1) is 23.7. The van der Waals surface area contributed by atoms with Crippen LogP contribution >= 0.6 is 31.5 Å². The van der Waals surface area contributed by atoms with Crippen molar-refractivity contribution in [3.63, 3.8) is 0 Å². The lowest BCUT2D eigenvalue weighted by atomic mass is 9.81. The van der Waals surface area contributed by atoms with E-state index in [9.17, 15) is 9.59 Å². The Kier molecular flexibility index (Phi) is 12.5. The Morgan fingerprint density at radius 2 is 1.96 bits per heavy atom. The number of amides is 1. The summed E-state index contributed by atoms with van der Waals surface area (Å²) in [6.45, 7) is 10.3. The van der Waals surface area contributed by atoms with Gasteiger partial charge in [-0.25, -0.2) is 4.98 Å². The number of aromatic nitrogens is 2. The van der Waals surface area contributed by atoms with Crippen LogP contribution < -0.4 is 5.30 Å². The monoisotopic (exact) mass is 713 g/mol. The number of halogens is 1. The summed E-state index contributed by atoms with van der Waals surface area (Å²) in [5.41, 5.74) is 5.44. The van der Waals surface area contributed by atoms with Gasteiger partial charge in [0.1, 0.15) is 17.1 Å². The molecule has 0 saturated heterocycles. The number of carbonyl (C=O) groups is 2. The minimum atomic E-state index is -0.0933. The van der Waals surface area contributed by atoms with Crippen molar-refractivity contribution in [2.24, 2.45) is 0 Å². The molecule has 5 rings (SSSR count). The molecular weight excluding hydrogens is 669 g/mol. The predicted octanol–water partition coefficient (Wildman–Crippen LogP) is 10.0. The summed E-state index contributed by atoms with van der Waals surface area (Å²) in [4.78, 5) is 32.5. The van der Waals surface area contributed by atoms with Gasteiger partial charge < -0.3 is 9.64 Å². The van der Waals surface area contributed by atoms with Crippen molar-refractivity contribution in [3.8, 4) is 5.00 Å². The molecule has 1 aliphatic carbocycles. The number of aldehydes is 1. The van der Waals surface area contributed by atoms with Crippen LogP contribution in [0.1, 0.15) is 89.9 Å². The van der Waals surface area contributed by atoms with E-state index in [1.54, 1.807) is 42.7 Å². The highest BCUT2D eigenvalue weighted by Gasteiger charge is 2.29. The number of fused-ring (bicyclic) bond motifs is 1. The van der Waals surface area contributed by atoms with E-state index in [0.717, 1.165) is 70.6 Å². The number of benzene rings is 2. The van der Waals surface area contributed by atoms with Crippen LogP contribution in [-0.2, 0) is 4.74 Å². The number of thiophene rings is 1. The van der Waals surface area contributed by atoms with Gasteiger partial charge >= 0.3 is 0 Å². The lowest BCUT2D eigenvalue weighted by Crippen LogP contribution is -2.39. The number of nitrogens with zero attached hydrogens (tertiary/aromatic N) is 3. The molecule has 1 amide bonds. The summed E-state index contributed by atoms with van der Waals surface area (Å²) >= 11 is 8.18. The molecule has 0 spiro atoms. The van der Waals surface area contributed by atoms with Crippen molar-refractivity contribution >= 4 is 65.8 Å². The molecule has 0 bridgehead atoms. The highest BCUT2D eigenvalue weighted by molar-refractivity contribution is 7.49. The van der Waals surface area contributed by atoms with Gasteiger partial charge in [-0.05, 0) is 91.7 Å². The van der Waals surface area contributed by atoms with Gasteiger partial charge in [-0.15, -0.1) is 11.3 Å². The maximum atomic E-state index is 13.3. The predicted molar refractivity (Wildman–Crippen MR) is 208 cm³/mol. The fourth-order valence-corrected chi connectivity index (χ4v) is 9.81. The molecule has 1 saturated carbocycles. The van der Waals surface area contributed by atoms with E-state index in [1.165, 1.54) is 10.9 Å². The number of allylic oxidation sites excluding steroid dienone is 6. The largest absolute Gasteiger partial charge is 0.496 e. The first kappa shape index (κ1) is 36.5. The molecule has 0 aliphatic heterocycles. The Balaban J connectivity index is 1.40. The van der Waals surface area contributed by atoms with E-state index in [0.29, 0.717) is 30.7 Å². The summed E-state index contributed by atoms with van der Waals surface area (Å²) < 4.78 is 8.11. The fraction of sp³-hybridized carbons (Fsp3) is 0.325. The molecule has 0 radical (unpaired) electrons. The smallest absolute Gasteiger partial charge is 0.254 e. The van der Waals surface area contributed by atoms with Crippen molar-refractivity contribution in [1.82, 2.24) is 14.5 Å². The van der Waals surface area contributed by atoms with Gasteiger partial charge in [-0.3, -0.25) is 14.2 Å². The first-order valence-electron chi connectivity index (χ1n) is 16.8. The van der Waals surface area contributed by atoms with Crippen molar-refractivity contribution in [2.75, 3.05) is 14.2 Å². The van der Waals surface area contributed by atoms with Gasteiger partial charge in [0, 0.05) is 29.3 Å². The summed E-state index contributed by atoms with van der Waals surface area (Å²) in [5.74, 6) is 1.19. The molecule has 9 heteroatoms. The molecule has 256 valence electrons. The number of methoxy groups -OCH3 is 1. The topological polar surface area (TPSA) is 64.4 Å². The van der Waals surface area contributed by atoms with Crippen LogP contribution in [0.15, 0.2) is 96.3 Å². The number of hydrogen-bond donors (Lipinski definition) is 0. The highest BCUT2D eigenvalue weighted by Crippen LogP contribution is 2.39. The average Bonchev–Trinajstić information content (AvgIpc) is 3.73. The zero-order valence-corrected chi connectivity index (χ0v) is 31.5. The van der Waals surface area contributed by atoms with Crippen LogP contribution in [0.25, 0.3) is 21.8 Å². The van der Waals surface area contributed by atoms with Crippen LogP contribution in [0.4, 0.5) is 0 Å². The number of hydrogen-bond acceptors (Lipinski definition) is 5. The van der Waals surface area contributed by atoms with E-state index >= 15 is 0 Å². The summed E-state index contributed by atoms with van der Waals surface area (Å²) in [6, 6.07) is 16.1.